The maximum Gasteiger partial charge on any atom is 0.407 e. The number of alkyl carbamates (subject to hydrolysis) is 1. The minimum absolute atomic E-state index is 0.0574. The SMILES string of the molecule is CC(C)(C)OC(=O)NC1CCCN(c2cc(I)cc(Cl)n2)C1. The highest BCUT2D eigenvalue weighted by molar-refractivity contribution is 14.1. The highest BCUT2D eigenvalue weighted by atomic mass is 127. The van der Waals surface area contributed by atoms with Gasteiger partial charge >= 0.3 is 6.09 Å². The Hall–Kier alpha value is -0.760. The second kappa shape index (κ2) is 7.21. The first kappa shape index (κ1) is 17.6. The zero-order valence-electron chi connectivity index (χ0n) is 13.0. The van der Waals surface area contributed by atoms with Gasteiger partial charge < -0.3 is 15.0 Å². The van der Waals surface area contributed by atoms with Crippen LogP contribution in [0.2, 0.25) is 5.15 Å². The number of piperidine rings is 1. The van der Waals surface area contributed by atoms with Crippen molar-refractivity contribution < 1.29 is 9.53 Å². The van der Waals surface area contributed by atoms with E-state index in [1.165, 1.54) is 0 Å². The molecule has 22 heavy (non-hydrogen) atoms. The number of anilines is 1. The molecule has 2 rings (SSSR count). The van der Waals surface area contributed by atoms with Crippen molar-refractivity contribution in [1.29, 1.82) is 0 Å². The van der Waals surface area contributed by atoms with E-state index in [2.05, 4.69) is 37.8 Å². The number of carbonyl (C=O) groups is 1. The van der Waals surface area contributed by atoms with Crippen molar-refractivity contribution in [2.45, 2.75) is 45.3 Å². The summed E-state index contributed by atoms with van der Waals surface area (Å²) in [7, 11) is 0. The van der Waals surface area contributed by atoms with Crippen LogP contribution in [-0.4, -0.2) is 35.8 Å². The predicted octanol–water partition coefficient (Wildman–Crippen LogP) is 3.83. The standard InChI is InChI=1S/C15H21ClIN3O2/c1-15(2,3)22-14(21)18-11-5-4-6-20(9-11)13-8-10(17)7-12(16)19-13/h7-8,11H,4-6,9H2,1-3H3,(H,18,21). The van der Waals surface area contributed by atoms with Crippen LogP contribution < -0.4 is 10.2 Å². The van der Waals surface area contributed by atoms with E-state index < -0.39 is 5.60 Å². The van der Waals surface area contributed by atoms with Crippen LogP contribution in [0.25, 0.3) is 0 Å². The molecule has 1 aromatic rings. The zero-order valence-corrected chi connectivity index (χ0v) is 15.9. The number of halogens is 2. The van der Waals surface area contributed by atoms with E-state index in [0.717, 1.165) is 28.8 Å². The maximum atomic E-state index is 11.9. The van der Waals surface area contributed by atoms with Crippen molar-refractivity contribution in [3.05, 3.63) is 20.9 Å². The molecular formula is C15H21ClIN3O2. The summed E-state index contributed by atoms with van der Waals surface area (Å²) < 4.78 is 6.36. The lowest BCUT2D eigenvalue weighted by molar-refractivity contribution is 0.0500. The molecule has 1 atom stereocenters. The number of amides is 1. The Morgan fingerprint density at radius 1 is 1.50 bits per heavy atom. The van der Waals surface area contributed by atoms with Gasteiger partial charge in [0.05, 0.1) is 0 Å². The summed E-state index contributed by atoms with van der Waals surface area (Å²) in [6.45, 7) is 7.20. The van der Waals surface area contributed by atoms with E-state index in [4.69, 9.17) is 16.3 Å². The van der Waals surface area contributed by atoms with Crippen LogP contribution in [0.1, 0.15) is 33.6 Å². The second-order valence-electron chi connectivity index (χ2n) is 6.40. The van der Waals surface area contributed by atoms with E-state index in [-0.39, 0.29) is 12.1 Å². The smallest absolute Gasteiger partial charge is 0.407 e. The normalized spacial score (nSPS) is 19.0. The van der Waals surface area contributed by atoms with Crippen LogP contribution in [0, 0.1) is 3.57 Å². The van der Waals surface area contributed by atoms with Crippen molar-refractivity contribution in [2.24, 2.45) is 0 Å². The molecule has 0 radical (unpaired) electrons. The first-order valence-corrected chi connectivity index (χ1v) is 8.76. The highest BCUT2D eigenvalue weighted by Gasteiger charge is 2.25. The van der Waals surface area contributed by atoms with E-state index in [1.54, 1.807) is 0 Å². The summed E-state index contributed by atoms with van der Waals surface area (Å²) in [6, 6.07) is 3.89. The number of nitrogens with one attached hydrogen (secondary N) is 1. The Labute approximate surface area is 149 Å². The maximum absolute atomic E-state index is 11.9. The quantitative estimate of drug-likeness (QED) is 0.564. The van der Waals surface area contributed by atoms with E-state index in [1.807, 2.05) is 32.9 Å². The predicted molar refractivity (Wildman–Crippen MR) is 96.6 cm³/mol. The summed E-state index contributed by atoms with van der Waals surface area (Å²) in [5, 5.41) is 3.43. The third-order valence-electron chi connectivity index (χ3n) is 3.21. The molecule has 2 heterocycles. The fourth-order valence-corrected chi connectivity index (χ4v) is 3.35. The second-order valence-corrected chi connectivity index (χ2v) is 8.03. The van der Waals surface area contributed by atoms with Crippen LogP contribution in [0.4, 0.5) is 10.6 Å². The minimum Gasteiger partial charge on any atom is -0.444 e. The lowest BCUT2D eigenvalue weighted by Crippen LogP contribution is -2.49. The van der Waals surface area contributed by atoms with E-state index in [0.29, 0.717) is 11.7 Å². The molecule has 1 fully saturated rings. The molecule has 0 aromatic carbocycles. The number of carbonyl (C=O) groups excluding carboxylic acids is 1. The summed E-state index contributed by atoms with van der Waals surface area (Å²) in [5.74, 6) is 0.854. The summed E-state index contributed by atoms with van der Waals surface area (Å²) in [4.78, 5) is 18.4. The molecule has 1 unspecified atom stereocenters. The van der Waals surface area contributed by atoms with Gasteiger partial charge in [-0.3, -0.25) is 0 Å². The third kappa shape index (κ3) is 5.46. The Balaban J connectivity index is 1.98. The van der Waals surface area contributed by atoms with Crippen LogP contribution in [0.15, 0.2) is 12.1 Å². The van der Waals surface area contributed by atoms with E-state index in [9.17, 15) is 4.79 Å². The average molecular weight is 438 g/mol. The van der Waals surface area contributed by atoms with Crippen LogP contribution in [0.5, 0.6) is 0 Å². The first-order chi connectivity index (χ1) is 10.2. The molecule has 1 saturated heterocycles. The van der Waals surface area contributed by atoms with Crippen LogP contribution in [-0.2, 0) is 4.74 Å². The number of hydrogen-bond donors (Lipinski definition) is 1. The molecular weight excluding hydrogens is 417 g/mol. The molecule has 5 nitrogen and oxygen atoms in total. The van der Waals surface area contributed by atoms with Gasteiger partial charge in [-0.15, -0.1) is 0 Å². The number of hydrogen-bond acceptors (Lipinski definition) is 4. The fourth-order valence-electron chi connectivity index (χ4n) is 2.39. The summed E-state index contributed by atoms with van der Waals surface area (Å²) in [5.41, 5.74) is -0.483. The molecule has 122 valence electrons. The highest BCUT2D eigenvalue weighted by Crippen LogP contribution is 2.23. The molecule has 1 N–H and O–H groups in total. The van der Waals surface area contributed by atoms with Crippen molar-refractivity contribution in [2.75, 3.05) is 18.0 Å². The fraction of sp³-hybridized carbons (Fsp3) is 0.600. The van der Waals surface area contributed by atoms with Crippen molar-refractivity contribution in [3.8, 4) is 0 Å². The van der Waals surface area contributed by atoms with Crippen molar-refractivity contribution in [1.82, 2.24) is 10.3 Å². The topological polar surface area (TPSA) is 54.5 Å². The lowest BCUT2D eigenvalue weighted by atomic mass is 10.1. The van der Waals surface area contributed by atoms with E-state index >= 15 is 0 Å². The van der Waals surface area contributed by atoms with Crippen LogP contribution in [0.3, 0.4) is 0 Å². The molecule has 1 amide bonds. The Kier molecular flexibility index (Phi) is 5.76. The Morgan fingerprint density at radius 3 is 2.86 bits per heavy atom. The zero-order chi connectivity index (χ0) is 16.3. The van der Waals surface area contributed by atoms with Gasteiger partial charge in [0.15, 0.2) is 0 Å². The van der Waals surface area contributed by atoms with Gasteiger partial charge in [0, 0.05) is 22.7 Å². The summed E-state index contributed by atoms with van der Waals surface area (Å²) >= 11 is 8.26. The monoisotopic (exact) mass is 437 g/mol. The van der Waals surface area contributed by atoms with Gasteiger partial charge in [-0.25, -0.2) is 9.78 Å². The van der Waals surface area contributed by atoms with Gasteiger partial charge in [-0.2, -0.15) is 0 Å². The van der Waals surface area contributed by atoms with Gasteiger partial charge in [-0.1, -0.05) is 11.6 Å². The Morgan fingerprint density at radius 2 is 2.23 bits per heavy atom. The average Bonchev–Trinajstić information content (AvgIpc) is 2.35. The minimum atomic E-state index is -0.483. The number of rotatable bonds is 2. The summed E-state index contributed by atoms with van der Waals surface area (Å²) in [6.07, 6.45) is 1.56. The lowest BCUT2D eigenvalue weighted by Gasteiger charge is -2.34. The molecule has 7 heteroatoms. The molecule has 0 saturated carbocycles. The van der Waals surface area contributed by atoms with Crippen molar-refractivity contribution in [3.63, 3.8) is 0 Å². The van der Waals surface area contributed by atoms with Crippen molar-refractivity contribution >= 4 is 46.1 Å². The number of nitrogens with zero attached hydrogens (tertiary/aromatic N) is 2. The molecule has 0 bridgehead atoms. The molecule has 1 aliphatic heterocycles. The molecule has 1 aliphatic rings. The number of aromatic nitrogens is 1. The number of pyridine rings is 1. The first-order valence-electron chi connectivity index (χ1n) is 7.30. The largest absolute Gasteiger partial charge is 0.444 e. The van der Waals surface area contributed by atoms with Gasteiger partial charge in [0.25, 0.3) is 0 Å². The third-order valence-corrected chi connectivity index (χ3v) is 4.03. The van der Waals surface area contributed by atoms with Gasteiger partial charge in [0.1, 0.15) is 16.6 Å². The molecule has 1 aromatic heterocycles. The van der Waals surface area contributed by atoms with Gasteiger partial charge in [0.2, 0.25) is 0 Å². The van der Waals surface area contributed by atoms with Crippen LogP contribution >= 0.6 is 34.2 Å². The van der Waals surface area contributed by atoms with Gasteiger partial charge in [-0.05, 0) is 68.3 Å². The molecule has 0 aliphatic carbocycles. The number of ether oxygens (including phenoxy) is 1. The molecule has 0 spiro atoms. The Bertz CT molecular complexity index is 528.